The van der Waals surface area contributed by atoms with Crippen LogP contribution >= 0.6 is 23.2 Å². The molecule has 2 rings (SSSR count). The third kappa shape index (κ3) is 2.43. The molecule has 0 aliphatic heterocycles. The molecular weight excluding hydrogens is 295 g/mol. The molecule has 0 saturated heterocycles. The molecule has 2 N–H and O–H groups in total. The van der Waals surface area contributed by atoms with Gasteiger partial charge in [-0.25, -0.2) is 0 Å². The third-order valence-corrected chi connectivity index (χ3v) is 5.00. The van der Waals surface area contributed by atoms with Gasteiger partial charge in [0, 0.05) is 13.1 Å². The van der Waals surface area contributed by atoms with E-state index in [1.54, 1.807) is 12.1 Å². The number of amides is 1. The number of hydrogen-bond acceptors (Lipinski definition) is 2. The fourth-order valence-corrected chi connectivity index (χ4v) is 3.22. The SMILES string of the molecule is CCN(CC)C(=O)[C@]1(c2ccc(Cl)c(Cl)c2)C[C@@H]1CN. The van der Waals surface area contributed by atoms with Crippen LogP contribution in [0.15, 0.2) is 18.2 Å². The van der Waals surface area contributed by atoms with Crippen LogP contribution in [-0.4, -0.2) is 30.4 Å². The van der Waals surface area contributed by atoms with E-state index >= 15 is 0 Å². The maximum Gasteiger partial charge on any atom is 0.233 e. The lowest BCUT2D eigenvalue weighted by Crippen LogP contribution is -2.40. The standard InChI is InChI=1S/C15H20Cl2N2O/c1-3-19(4-2)14(20)15(8-11(15)9-18)10-5-6-12(16)13(17)7-10/h5-7,11H,3-4,8-9,18H2,1-2H3/t11-,15+/m1/s1. The Kier molecular flexibility index (Phi) is 4.62. The molecule has 1 aromatic carbocycles. The Hall–Kier alpha value is -0.770. The van der Waals surface area contributed by atoms with Crippen molar-refractivity contribution in [2.24, 2.45) is 11.7 Å². The molecule has 1 fully saturated rings. The van der Waals surface area contributed by atoms with Gasteiger partial charge in [0.05, 0.1) is 15.5 Å². The van der Waals surface area contributed by atoms with E-state index < -0.39 is 5.41 Å². The zero-order chi connectivity index (χ0) is 14.9. The molecule has 0 aromatic heterocycles. The summed E-state index contributed by atoms with van der Waals surface area (Å²) in [5.41, 5.74) is 6.23. The van der Waals surface area contributed by atoms with E-state index in [1.807, 2.05) is 24.8 Å². The first-order valence-electron chi connectivity index (χ1n) is 6.96. The normalized spacial score (nSPS) is 24.6. The smallest absolute Gasteiger partial charge is 0.233 e. The molecular formula is C15H20Cl2N2O. The number of halogens is 2. The molecule has 1 aromatic rings. The van der Waals surface area contributed by atoms with Crippen LogP contribution < -0.4 is 5.73 Å². The largest absolute Gasteiger partial charge is 0.342 e. The highest BCUT2D eigenvalue weighted by atomic mass is 35.5. The Labute approximate surface area is 130 Å². The molecule has 20 heavy (non-hydrogen) atoms. The minimum atomic E-state index is -0.505. The van der Waals surface area contributed by atoms with Crippen molar-refractivity contribution in [3.8, 4) is 0 Å². The van der Waals surface area contributed by atoms with Crippen LogP contribution in [0.25, 0.3) is 0 Å². The van der Waals surface area contributed by atoms with Crippen molar-refractivity contribution >= 4 is 29.1 Å². The molecule has 1 aliphatic carbocycles. The molecule has 2 atom stereocenters. The van der Waals surface area contributed by atoms with E-state index in [0.29, 0.717) is 29.7 Å². The van der Waals surface area contributed by atoms with E-state index in [0.717, 1.165) is 12.0 Å². The van der Waals surface area contributed by atoms with Crippen LogP contribution in [0.4, 0.5) is 0 Å². The Bertz CT molecular complexity index is 517. The molecule has 0 heterocycles. The summed E-state index contributed by atoms with van der Waals surface area (Å²) in [4.78, 5) is 14.7. The molecule has 110 valence electrons. The molecule has 5 heteroatoms. The number of carbonyl (C=O) groups excluding carboxylic acids is 1. The third-order valence-electron chi connectivity index (χ3n) is 4.26. The van der Waals surface area contributed by atoms with Crippen LogP contribution in [0, 0.1) is 5.92 Å². The molecule has 1 amide bonds. The summed E-state index contributed by atoms with van der Waals surface area (Å²) in [6.45, 7) is 5.90. The fourth-order valence-electron chi connectivity index (χ4n) is 2.92. The second-order valence-corrected chi connectivity index (χ2v) is 6.03. The minimum Gasteiger partial charge on any atom is -0.342 e. The zero-order valence-electron chi connectivity index (χ0n) is 11.8. The van der Waals surface area contributed by atoms with Gasteiger partial charge in [0.2, 0.25) is 5.91 Å². The summed E-state index contributed by atoms with van der Waals surface area (Å²) in [7, 11) is 0. The summed E-state index contributed by atoms with van der Waals surface area (Å²) < 4.78 is 0. The molecule has 1 saturated carbocycles. The van der Waals surface area contributed by atoms with Crippen LogP contribution in [-0.2, 0) is 10.2 Å². The Morgan fingerprint density at radius 1 is 1.35 bits per heavy atom. The average molecular weight is 315 g/mol. The van der Waals surface area contributed by atoms with Crippen molar-refractivity contribution in [3.63, 3.8) is 0 Å². The molecule has 0 unspecified atom stereocenters. The van der Waals surface area contributed by atoms with Crippen LogP contribution in [0.3, 0.4) is 0 Å². The second-order valence-electron chi connectivity index (χ2n) is 5.21. The fraction of sp³-hybridized carbons (Fsp3) is 0.533. The van der Waals surface area contributed by atoms with E-state index in [2.05, 4.69) is 0 Å². The summed E-state index contributed by atoms with van der Waals surface area (Å²) in [6, 6.07) is 5.45. The van der Waals surface area contributed by atoms with E-state index in [-0.39, 0.29) is 11.8 Å². The number of likely N-dealkylation sites (N-methyl/N-ethyl adjacent to an activating group) is 1. The number of hydrogen-bond donors (Lipinski definition) is 1. The second kappa shape index (κ2) is 5.92. The topological polar surface area (TPSA) is 46.3 Å². The van der Waals surface area contributed by atoms with Crippen molar-refractivity contribution < 1.29 is 4.79 Å². The van der Waals surface area contributed by atoms with Gasteiger partial charge in [0.1, 0.15) is 0 Å². The van der Waals surface area contributed by atoms with Crippen molar-refractivity contribution in [3.05, 3.63) is 33.8 Å². The summed E-state index contributed by atoms with van der Waals surface area (Å²) in [5.74, 6) is 0.337. The first-order chi connectivity index (χ1) is 9.51. The lowest BCUT2D eigenvalue weighted by molar-refractivity contribution is -0.134. The number of carbonyl (C=O) groups is 1. The number of benzene rings is 1. The average Bonchev–Trinajstić information content (AvgIpc) is 3.19. The highest BCUT2D eigenvalue weighted by Gasteiger charge is 2.61. The van der Waals surface area contributed by atoms with Crippen LogP contribution in [0.5, 0.6) is 0 Å². The van der Waals surface area contributed by atoms with Crippen LogP contribution in [0.1, 0.15) is 25.8 Å². The number of rotatable bonds is 5. The highest BCUT2D eigenvalue weighted by molar-refractivity contribution is 6.42. The molecule has 0 radical (unpaired) electrons. The van der Waals surface area contributed by atoms with Gasteiger partial charge in [-0.05, 0) is 50.4 Å². The Morgan fingerprint density at radius 3 is 2.45 bits per heavy atom. The van der Waals surface area contributed by atoms with Gasteiger partial charge in [0.15, 0.2) is 0 Å². The van der Waals surface area contributed by atoms with E-state index in [9.17, 15) is 4.79 Å². The lowest BCUT2D eigenvalue weighted by atomic mass is 9.91. The van der Waals surface area contributed by atoms with E-state index in [1.165, 1.54) is 0 Å². The zero-order valence-corrected chi connectivity index (χ0v) is 13.3. The highest BCUT2D eigenvalue weighted by Crippen LogP contribution is 2.55. The lowest BCUT2D eigenvalue weighted by Gasteiger charge is -2.26. The van der Waals surface area contributed by atoms with Gasteiger partial charge in [-0.1, -0.05) is 29.3 Å². The van der Waals surface area contributed by atoms with Gasteiger partial charge < -0.3 is 10.6 Å². The molecule has 1 aliphatic rings. The first kappa shape index (κ1) is 15.6. The summed E-state index contributed by atoms with van der Waals surface area (Å²) >= 11 is 12.1. The molecule has 0 bridgehead atoms. The molecule has 3 nitrogen and oxygen atoms in total. The predicted molar refractivity (Wildman–Crippen MR) is 83.2 cm³/mol. The van der Waals surface area contributed by atoms with Crippen molar-refractivity contribution in [1.82, 2.24) is 4.90 Å². The summed E-state index contributed by atoms with van der Waals surface area (Å²) in [6.07, 6.45) is 0.788. The Balaban J connectivity index is 2.40. The predicted octanol–water partition coefficient (Wildman–Crippen LogP) is 3.08. The summed E-state index contributed by atoms with van der Waals surface area (Å²) in [5, 5.41) is 0.990. The monoisotopic (exact) mass is 314 g/mol. The van der Waals surface area contributed by atoms with Crippen LogP contribution in [0.2, 0.25) is 10.0 Å². The van der Waals surface area contributed by atoms with E-state index in [4.69, 9.17) is 28.9 Å². The minimum absolute atomic E-state index is 0.149. The Morgan fingerprint density at radius 2 is 2.00 bits per heavy atom. The van der Waals surface area contributed by atoms with Gasteiger partial charge in [-0.15, -0.1) is 0 Å². The van der Waals surface area contributed by atoms with Gasteiger partial charge in [-0.2, -0.15) is 0 Å². The maximum absolute atomic E-state index is 12.8. The van der Waals surface area contributed by atoms with Crippen molar-refractivity contribution in [1.29, 1.82) is 0 Å². The van der Waals surface area contributed by atoms with Gasteiger partial charge >= 0.3 is 0 Å². The van der Waals surface area contributed by atoms with Gasteiger partial charge in [-0.3, -0.25) is 4.79 Å². The van der Waals surface area contributed by atoms with Crippen molar-refractivity contribution in [2.75, 3.05) is 19.6 Å². The first-order valence-corrected chi connectivity index (χ1v) is 7.71. The number of nitrogens with zero attached hydrogens (tertiary/aromatic N) is 1. The van der Waals surface area contributed by atoms with Crippen molar-refractivity contribution in [2.45, 2.75) is 25.7 Å². The molecule has 0 spiro atoms. The number of nitrogens with two attached hydrogens (primary N) is 1. The van der Waals surface area contributed by atoms with Gasteiger partial charge in [0.25, 0.3) is 0 Å². The quantitative estimate of drug-likeness (QED) is 0.907. The maximum atomic E-state index is 12.8.